The summed E-state index contributed by atoms with van der Waals surface area (Å²) in [5, 5.41) is 11.6. The Morgan fingerprint density at radius 1 is 1.13 bits per heavy atom. The highest BCUT2D eigenvalue weighted by Gasteiger charge is 2.37. The number of fused-ring (bicyclic) bond motifs is 1. The number of hydrogen-bond acceptors (Lipinski definition) is 5. The molecule has 158 valence electrons. The minimum Gasteiger partial charge on any atom is -0.311 e. The molecule has 0 saturated carbocycles. The average molecular weight is 450 g/mol. The molecule has 0 spiro atoms. The fraction of sp³-hybridized carbons (Fsp3) is 0.350. The van der Waals surface area contributed by atoms with Gasteiger partial charge >= 0.3 is 0 Å². The number of nitro groups is 1. The molecule has 0 aliphatic carbocycles. The number of amides is 1. The highest BCUT2D eigenvalue weighted by atomic mass is 35.5. The van der Waals surface area contributed by atoms with Crippen molar-refractivity contribution in [1.82, 2.24) is 4.31 Å². The third-order valence-corrected chi connectivity index (χ3v) is 7.76. The second-order valence-corrected chi connectivity index (χ2v) is 9.84. The first kappa shape index (κ1) is 20.8. The molecule has 0 unspecified atom stereocenters. The molecule has 30 heavy (non-hydrogen) atoms. The van der Waals surface area contributed by atoms with Crippen molar-refractivity contribution >= 4 is 38.9 Å². The van der Waals surface area contributed by atoms with Gasteiger partial charge in [-0.3, -0.25) is 14.9 Å². The number of hydrogen-bond donors (Lipinski definition) is 0. The Labute approximate surface area is 179 Å². The van der Waals surface area contributed by atoms with Gasteiger partial charge in [0.15, 0.2) is 0 Å². The summed E-state index contributed by atoms with van der Waals surface area (Å²) in [4.78, 5) is 25.5. The summed E-state index contributed by atoms with van der Waals surface area (Å²) < 4.78 is 27.3. The molecule has 4 rings (SSSR count). The smallest absolute Gasteiger partial charge is 0.271 e. The maximum atomic E-state index is 13.2. The molecule has 2 aliphatic heterocycles. The van der Waals surface area contributed by atoms with Crippen LogP contribution in [0.2, 0.25) is 5.02 Å². The molecule has 8 nitrogen and oxygen atoms in total. The first-order chi connectivity index (χ1) is 14.3. The Kier molecular flexibility index (Phi) is 5.52. The summed E-state index contributed by atoms with van der Waals surface area (Å²) in [7, 11) is -3.73. The number of nitrogens with zero attached hydrogens (tertiary/aromatic N) is 3. The predicted octanol–water partition coefficient (Wildman–Crippen LogP) is 3.24. The lowest BCUT2D eigenvalue weighted by atomic mass is 9.98. The van der Waals surface area contributed by atoms with Crippen molar-refractivity contribution in [2.75, 3.05) is 24.5 Å². The minimum atomic E-state index is -3.73. The predicted molar refractivity (Wildman–Crippen MR) is 112 cm³/mol. The zero-order valence-corrected chi connectivity index (χ0v) is 17.6. The highest BCUT2D eigenvalue weighted by molar-refractivity contribution is 7.89. The summed E-state index contributed by atoms with van der Waals surface area (Å²) >= 11 is 5.86. The number of rotatable bonds is 4. The second kappa shape index (κ2) is 7.98. The topological polar surface area (TPSA) is 101 Å². The van der Waals surface area contributed by atoms with E-state index >= 15 is 0 Å². The van der Waals surface area contributed by atoms with E-state index in [0.717, 1.165) is 5.56 Å². The average Bonchev–Trinajstić information content (AvgIpc) is 3.17. The van der Waals surface area contributed by atoms with Gasteiger partial charge < -0.3 is 4.90 Å². The Morgan fingerprint density at radius 2 is 1.87 bits per heavy atom. The number of halogens is 1. The number of sulfonamides is 1. The van der Waals surface area contributed by atoms with Crippen molar-refractivity contribution in [2.24, 2.45) is 5.92 Å². The molecule has 0 N–H and O–H groups in total. The summed E-state index contributed by atoms with van der Waals surface area (Å²) in [6.45, 7) is 0.872. The van der Waals surface area contributed by atoms with Gasteiger partial charge in [0.2, 0.25) is 15.9 Å². The molecule has 1 atom stereocenters. The zero-order valence-electron chi connectivity index (χ0n) is 16.0. The summed E-state index contributed by atoms with van der Waals surface area (Å²) in [5.41, 5.74) is 1.37. The zero-order chi connectivity index (χ0) is 21.5. The number of carbonyl (C=O) groups is 1. The lowest BCUT2D eigenvalue weighted by Crippen LogP contribution is -2.46. The number of benzene rings is 2. The third-order valence-electron chi connectivity index (χ3n) is 5.63. The van der Waals surface area contributed by atoms with E-state index < -0.39 is 20.9 Å². The van der Waals surface area contributed by atoms with Crippen LogP contribution in [0.25, 0.3) is 0 Å². The maximum absolute atomic E-state index is 13.2. The molecule has 1 fully saturated rings. The molecule has 2 aromatic carbocycles. The Balaban J connectivity index is 1.55. The van der Waals surface area contributed by atoms with Crippen LogP contribution >= 0.6 is 11.6 Å². The molecular weight excluding hydrogens is 430 g/mol. The molecule has 0 aromatic heterocycles. The van der Waals surface area contributed by atoms with Gasteiger partial charge in [0.1, 0.15) is 0 Å². The third kappa shape index (κ3) is 3.80. The Morgan fingerprint density at radius 3 is 2.57 bits per heavy atom. The number of nitro benzene ring substituents is 1. The van der Waals surface area contributed by atoms with Crippen molar-refractivity contribution in [1.29, 1.82) is 0 Å². The SMILES string of the molecule is O=C([C@@H]1CCCN(S(=O)(=O)c2ccc(Cl)cc2)C1)N1CCc2ccc([N+](=O)[O-])cc21. The van der Waals surface area contributed by atoms with Gasteiger partial charge in [-0.2, -0.15) is 4.31 Å². The normalized spacial score (nSPS) is 19.5. The molecular formula is C20H20ClN3O5S. The van der Waals surface area contributed by atoms with Crippen molar-refractivity contribution in [3.8, 4) is 0 Å². The van der Waals surface area contributed by atoms with Crippen LogP contribution in [0.5, 0.6) is 0 Å². The Hall–Kier alpha value is -2.49. The van der Waals surface area contributed by atoms with E-state index in [9.17, 15) is 23.3 Å². The van der Waals surface area contributed by atoms with Gasteiger partial charge in [0, 0.05) is 36.8 Å². The standard InChI is InChI=1S/C20H20ClN3O5S/c21-16-4-7-18(8-5-16)30(28,29)22-10-1-2-15(13-22)20(25)23-11-9-14-3-6-17(24(26)27)12-19(14)23/h3-8,12,15H,1-2,9-11,13H2/t15-/m1/s1. The van der Waals surface area contributed by atoms with Gasteiger partial charge in [-0.15, -0.1) is 0 Å². The van der Waals surface area contributed by atoms with Gasteiger partial charge in [-0.05, 0) is 49.1 Å². The number of carbonyl (C=O) groups excluding carboxylic acids is 1. The quantitative estimate of drug-likeness (QED) is 0.526. The first-order valence-electron chi connectivity index (χ1n) is 9.62. The second-order valence-electron chi connectivity index (χ2n) is 7.47. The van der Waals surface area contributed by atoms with Gasteiger partial charge in [0.05, 0.1) is 21.4 Å². The van der Waals surface area contributed by atoms with Crippen molar-refractivity contribution in [3.63, 3.8) is 0 Å². The first-order valence-corrected chi connectivity index (χ1v) is 11.4. The van der Waals surface area contributed by atoms with E-state index in [-0.39, 0.29) is 23.0 Å². The van der Waals surface area contributed by atoms with E-state index in [4.69, 9.17) is 11.6 Å². The van der Waals surface area contributed by atoms with Crippen LogP contribution < -0.4 is 4.90 Å². The highest BCUT2D eigenvalue weighted by Crippen LogP contribution is 2.34. The van der Waals surface area contributed by atoms with Crippen LogP contribution in [-0.4, -0.2) is 43.2 Å². The van der Waals surface area contributed by atoms with E-state index in [2.05, 4.69) is 0 Å². The van der Waals surface area contributed by atoms with E-state index in [0.29, 0.717) is 43.1 Å². The van der Waals surface area contributed by atoms with Crippen LogP contribution in [-0.2, 0) is 21.2 Å². The van der Waals surface area contributed by atoms with Gasteiger partial charge in [-0.1, -0.05) is 17.7 Å². The fourth-order valence-corrected chi connectivity index (χ4v) is 5.70. The van der Waals surface area contributed by atoms with Crippen LogP contribution in [0.3, 0.4) is 0 Å². The van der Waals surface area contributed by atoms with Crippen LogP contribution in [0.4, 0.5) is 11.4 Å². The van der Waals surface area contributed by atoms with E-state index in [1.807, 2.05) is 0 Å². The van der Waals surface area contributed by atoms with Gasteiger partial charge in [-0.25, -0.2) is 8.42 Å². The monoisotopic (exact) mass is 449 g/mol. The number of anilines is 1. The molecule has 0 radical (unpaired) electrons. The molecule has 2 aromatic rings. The summed E-state index contributed by atoms with van der Waals surface area (Å²) in [5.74, 6) is -0.684. The molecule has 1 amide bonds. The van der Waals surface area contributed by atoms with Crippen molar-refractivity contribution in [3.05, 3.63) is 63.2 Å². The Bertz CT molecular complexity index is 1100. The fourth-order valence-electron chi connectivity index (χ4n) is 4.05. The van der Waals surface area contributed by atoms with Crippen molar-refractivity contribution < 1.29 is 18.1 Å². The van der Waals surface area contributed by atoms with E-state index in [1.54, 1.807) is 11.0 Å². The van der Waals surface area contributed by atoms with Crippen LogP contribution in [0.15, 0.2) is 47.4 Å². The number of piperidine rings is 1. The van der Waals surface area contributed by atoms with Gasteiger partial charge in [0.25, 0.3) is 5.69 Å². The van der Waals surface area contributed by atoms with Crippen molar-refractivity contribution in [2.45, 2.75) is 24.2 Å². The summed E-state index contributed by atoms with van der Waals surface area (Å²) in [6.07, 6.45) is 1.77. The maximum Gasteiger partial charge on any atom is 0.271 e. The lowest BCUT2D eigenvalue weighted by Gasteiger charge is -2.33. The lowest BCUT2D eigenvalue weighted by molar-refractivity contribution is -0.384. The summed E-state index contributed by atoms with van der Waals surface area (Å²) in [6, 6.07) is 10.5. The largest absolute Gasteiger partial charge is 0.311 e. The molecule has 2 aliphatic rings. The molecule has 1 saturated heterocycles. The van der Waals surface area contributed by atoms with Crippen LogP contribution in [0, 0.1) is 16.0 Å². The van der Waals surface area contributed by atoms with Crippen LogP contribution in [0.1, 0.15) is 18.4 Å². The molecule has 10 heteroatoms. The molecule has 2 heterocycles. The minimum absolute atomic E-state index is 0.0657. The van der Waals surface area contributed by atoms with E-state index in [1.165, 1.54) is 40.7 Å². The number of non-ortho nitro benzene ring substituents is 1. The molecule has 0 bridgehead atoms.